The van der Waals surface area contributed by atoms with Gasteiger partial charge in [0.15, 0.2) is 5.82 Å². The highest BCUT2D eigenvalue weighted by Crippen LogP contribution is 2.31. The number of carbonyl (C=O) groups excluding carboxylic acids is 1. The second kappa shape index (κ2) is 11.5. The zero-order chi connectivity index (χ0) is 23.0. The first-order chi connectivity index (χ1) is 15.3. The Balaban J connectivity index is 1.60. The molecule has 0 aromatic carbocycles. The number of aryl methyl sites for hydroxylation is 1. The van der Waals surface area contributed by atoms with E-state index < -0.39 is 5.60 Å². The molecule has 8 heteroatoms. The van der Waals surface area contributed by atoms with Crippen LogP contribution in [0.25, 0.3) is 0 Å². The Hall–Kier alpha value is -2.38. The molecule has 1 N–H and O–H groups in total. The van der Waals surface area contributed by atoms with Crippen LogP contribution in [-0.2, 0) is 22.6 Å². The molecule has 0 spiro atoms. The van der Waals surface area contributed by atoms with Crippen LogP contribution >= 0.6 is 0 Å². The molecule has 0 aliphatic heterocycles. The second-order valence-electron chi connectivity index (χ2n) is 9.86. The van der Waals surface area contributed by atoms with Gasteiger partial charge in [0, 0.05) is 18.5 Å². The van der Waals surface area contributed by atoms with E-state index >= 15 is 0 Å². The molecule has 32 heavy (non-hydrogen) atoms. The molecule has 1 atom stereocenters. The van der Waals surface area contributed by atoms with Crippen LogP contribution in [0.5, 0.6) is 0 Å². The van der Waals surface area contributed by atoms with Crippen molar-refractivity contribution in [2.75, 3.05) is 5.32 Å². The zero-order valence-corrected chi connectivity index (χ0v) is 20.1. The van der Waals surface area contributed by atoms with Crippen molar-refractivity contribution in [1.82, 2.24) is 19.9 Å². The number of hydrogen-bond acceptors (Lipinski definition) is 7. The summed E-state index contributed by atoms with van der Waals surface area (Å²) in [5, 5.41) is 11.7. The smallest absolute Gasteiger partial charge is 0.307 e. The monoisotopic (exact) mass is 445 g/mol. The first-order valence-electron chi connectivity index (χ1n) is 12.1. The molecule has 2 heterocycles. The maximum absolute atomic E-state index is 12.5. The van der Waals surface area contributed by atoms with Crippen molar-refractivity contribution in [3.05, 3.63) is 24.0 Å². The number of aromatic nitrogens is 4. The minimum atomic E-state index is -0.504. The van der Waals surface area contributed by atoms with E-state index in [4.69, 9.17) is 9.26 Å². The standard InChI is InChI=1S/C24H39N5O3/c1-5-29-21(14-15-26-29)25-17-20-27-23(32-28-20)19(16-22(30)31-24(2,3)4)13-9-12-18-10-7-6-8-11-18/h14-15,18-19,25H,5-13,16-17H2,1-4H3. The molecule has 1 aliphatic rings. The fourth-order valence-corrected chi connectivity index (χ4v) is 4.44. The van der Waals surface area contributed by atoms with Crippen molar-refractivity contribution in [2.24, 2.45) is 5.92 Å². The lowest BCUT2D eigenvalue weighted by molar-refractivity contribution is -0.155. The van der Waals surface area contributed by atoms with Gasteiger partial charge in [-0.05, 0) is 40.0 Å². The summed E-state index contributed by atoms with van der Waals surface area (Å²) in [6.45, 7) is 8.93. The van der Waals surface area contributed by atoms with E-state index in [-0.39, 0.29) is 18.3 Å². The van der Waals surface area contributed by atoms with E-state index in [0.29, 0.717) is 18.3 Å². The molecule has 1 saturated carbocycles. The number of carbonyl (C=O) groups is 1. The zero-order valence-electron chi connectivity index (χ0n) is 20.1. The molecule has 2 aromatic rings. The number of nitrogens with zero attached hydrogens (tertiary/aromatic N) is 4. The second-order valence-corrected chi connectivity index (χ2v) is 9.86. The predicted octanol–water partition coefficient (Wildman–Crippen LogP) is 5.46. The average Bonchev–Trinajstić information content (AvgIpc) is 3.40. The van der Waals surface area contributed by atoms with E-state index in [1.54, 1.807) is 6.20 Å². The normalized spacial score (nSPS) is 16.1. The van der Waals surface area contributed by atoms with Gasteiger partial charge < -0.3 is 14.6 Å². The van der Waals surface area contributed by atoms with Crippen molar-refractivity contribution in [3.8, 4) is 0 Å². The van der Waals surface area contributed by atoms with Crippen LogP contribution < -0.4 is 5.32 Å². The van der Waals surface area contributed by atoms with Crippen LogP contribution in [-0.4, -0.2) is 31.5 Å². The Morgan fingerprint density at radius 3 is 2.81 bits per heavy atom. The van der Waals surface area contributed by atoms with Crippen LogP contribution in [0.1, 0.15) is 103 Å². The van der Waals surface area contributed by atoms with E-state index in [1.807, 2.05) is 38.4 Å². The molecule has 3 rings (SSSR count). The fraction of sp³-hybridized carbons (Fsp3) is 0.750. The lowest BCUT2D eigenvalue weighted by atomic mass is 9.84. The van der Waals surface area contributed by atoms with Gasteiger partial charge >= 0.3 is 5.97 Å². The Kier molecular flexibility index (Phi) is 8.70. The quantitative estimate of drug-likeness (QED) is 0.459. The predicted molar refractivity (Wildman–Crippen MR) is 123 cm³/mol. The van der Waals surface area contributed by atoms with Gasteiger partial charge in [0.2, 0.25) is 5.89 Å². The average molecular weight is 446 g/mol. The number of nitrogens with one attached hydrogen (secondary N) is 1. The summed E-state index contributed by atoms with van der Waals surface area (Å²) in [6, 6.07) is 1.92. The SMILES string of the molecule is CCn1nccc1NCc1noc(C(CCCC2CCCCC2)CC(=O)OC(C)(C)C)n1. The van der Waals surface area contributed by atoms with E-state index in [9.17, 15) is 4.79 Å². The molecular formula is C24H39N5O3. The Labute approximate surface area is 191 Å². The molecule has 1 unspecified atom stereocenters. The molecule has 1 aliphatic carbocycles. The van der Waals surface area contributed by atoms with Crippen LogP contribution in [0.2, 0.25) is 0 Å². The minimum absolute atomic E-state index is 0.115. The van der Waals surface area contributed by atoms with Gasteiger partial charge in [-0.3, -0.25) is 9.48 Å². The van der Waals surface area contributed by atoms with Crippen LogP contribution in [0.15, 0.2) is 16.8 Å². The Morgan fingerprint density at radius 2 is 2.09 bits per heavy atom. The van der Waals surface area contributed by atoms with Crippen molar-refractivity contribution in [3.63, 3.8) is 0 Å². The van der Waals surface area contributed by atoms with Crippen molar-refractivity contribution >= 4 is 11.8 Å². The van der Waals surface area contributed by atoms with Crippen molar-refractivity contribution in [1.29, 1.82) is 0 Å². The van der Waals surface area contributed by atoms with Gasteiger partial charge in [-0.2, -0.15) is 10.1 Å². The van der Waals surface area contributed by atoms with Crippen molar-refractivity contribution < 1.29 is 14.1 Å². The van der Waals surface area contributed by atoms with Crippen LogP contribution in [0.3, 0.4) is 0 Å². The van der Waals surface area contributed by atoms with Gasteiger partial charge in [-0.25, -0.2) is 0 Å². The van der Waals surface area contributed by atoms with Gasteiger partial charge in [0.05, 0.1) is 19.2 Å². The number of anilines is 1. The van der Waals surface area contributed by atoms with E-state index in [2.05, 4.69) is 20.6 Å². The molecule has 0 radical (unpaired) electrons. The summed E-state index contributed by atoms with van der Waals surface area (Å²) < 4.78 is 13.0. The third kappa shape index (κ3) is 7.64. The molecule has 178 valence electrons. The summed E-state index contributed by atoms with van der Waals surface area (Å²) in [5.41, 5.74) is -0.504. The fourth-order valence-electron chi connectivity index (χ4n) is 4.44. The largest absolute Gasteiger partial charge is 0.460 e. The summed E-state index contributed by atoms with van der Waals surface area (Å²) in [5.74, 6) is 2.50. The van der Waals surface area contributed by atoms with E-state index in [1.165, 1.54) is 38.5 Å². The number of rotatable bonds is 11. The number of esters is 1. The van der Waals surface area contributed by atoms with Crippen LogP contribution in [0, 0.1) is 5.92 Å². The highest BCUT2D eigenvalue weighted by atomic mass is 16.6. The number of hydrogen-bond donors (Lipinski definition) is 1. The molecule has 2 aromatic heterocycles. The maximum atomic E-state index is 12.5. The molecule has 1 fully saturated rings. The summed E-state index contributed by atoms with van der Waals surface area (Å²) in [7, 11) is 0. The molecule has 0 saturated heterocycles. The first kappa shape index (κ1) is 24.3. The molecule has 8 nitrogen and oxygen atoms in total. The molecule has 0 bridgehead atoms. The summed E-state index contributed by atoms with van der Waals surface area (Å²) in [6.07, 6.45) is 11.9. The Bertz CT molecular complexity index is 833. The Morgan fingerprint density at radius 1 is 1.31 bits per heavy atom. The highest BCUT2D eigenvalue weighted by Gasteiger charge is 2.26. The lowest BCUT2D eigenvalue weighted by Crippen LogP contribution is -2.25. The molecule has 0 amide bonds. The van der Waals surface area contributed by atoms with Gasteiger partial charge in [-0.1, -0.05) is 50.1 Å². The van der Waals surface area contributed by atoms with E-state index in [0.717, 1.165) is 31.1 Å². The third-order valence-corrected chi connectivity index (χ3v) is 6.00. The highest BCUT2D eigenvalue weighted by molar-refractivity contribution is 5.70. The minimum Gasteiger partial charge on any atom is -0.460 e. The van der Waals surface area contributed by atoms with Crippen LogP contribution in [0.4, 0.5) is 5.82 Å². The van der Waals surface area contributed by atoms with Crippen molar-refractivity contribution in [2.45, 2.75) is 110 Å². The molecular weight excluding hydrogens is 406 g/mol. The first-order valence-corrected chi connectivity index (χ1v) is 12.1. The van der Waals surface area contributed by atoms with Gasteiger partial charge in [0.25, 0.3) is 0 Å². The third-order valence-electron chi connectivity index (χ3n) is 6.00. The topological polar surface area (TPSA) is 95.1 Å². The number of ether oxygens (including phenoxy) is 1. The van der Waals surface area contributed by atoms with Gasteiger partial charge in [-0.15, -0.1) is 0 Å². The lowest BCUT2D eigenvalue weighted by Gasteiger charge is -2.23. The summed E-state index contributed by atoms with van der Waals surface area (Å²) >= 11 is 0. The summed E-state index contributed by atoms with van der Waals surface area (Å²) in [4.78, 5) is 17.1. The maximum Gasteiger partial charge on any atom is 0.307 e. The van der Waals surface area contributed by atoms with Gasteiger partial charge in [0.1, 0.15) is 11.4 Å².